The average Bonchev–Trinajstić information content (AvgIpc) is 3.23. The van der Waals surface area contributed by atoms with Crippen molar-refractivity contribution >= 4 is 48.6 Å². The monoisotopic (exact) mass is 405 g/mol. The summed E-state index contributed by atoms with van der Waals surface area (Å²) in [5.74, 6) is 1.69. The van der Waals surface area contributed by atoms with Crippen LogP contribution in [0.4, 0.5) is 5.69 Å². The first-order valence-electron chi connectivity index (χ1n) is 6.87. The van der Waals surface area contributed by atoms with E-state index in [-0.39, 0.29) is 0 Å². The molecule has 0 bridgehead atoms. The van der Waals surface area contributed by atoms with Crippen LogP contribution in [0, 0.1) is 0 Å². The Labute approximate surface area is 139 Å². The Bertz CT molecular complexity index is 850. The fraction of sp³-hybridized carbons (Fsp3) is 0.188. The van der Waals surface area contributed by atoms with Gasteiger partial charge in [0.2, 0.25) is 0 Å². The lowest BCUT2D eigenvalue weighted by Crippen LogP contribution is -2.01. The highest BCUT2D eigenvalue weighted by Crippen LogP contribution is 2.43. The summed E-state index contributed by atoms with van der Waals surface area (Å²) in [4.78, 5) is 4.83. The quantitative estimate of drug-likeness (QED) is 0.608. The summed E-state index contributed by atoms with van der Waals surface area (Å²) >= 11 is 7.22. The standard InChI is InChI=1S/C16H13Br2N3/c17-10-3-5-12(18)15(7-10)21-14-6-4-11(19)8-13(14)20-16(21)9-1-2-9/h3-9H,1-2,19H2. The average molecular weight is 407 g/mol. The highest BCUT2D eigenvalue weighted by atomic mass is 79.9. The van der Waals surface area contributed by atoms with E-state index < -0.39 is 0 Å². The Morgan fingerprint density at radius 1 is 1.10 bits per heavy atom. The van der Waals surface area contributed by atoms with Gasteiger partial charge >= 0.3 is 0 Å². The highest BCUT2D eigenvalue weighted by molar-refractivity contribution is 9.11. The first-order chi connectivity index (χ1) is 10.1. The molecule has 2 aromatic carbocycles. The van der Waals surface area contributed by atoms with Gasteiger partial charge in [0, 0.05) is 20.6 Å². The molecule has 0 saturated heterocycles. The van der Waals surface area contributed by atoms with Crippen LogP contribution in [0.5, 0.6) is 0 Å². The Balaban J connectivity index is 2.06. The highest BCUT2D eigenvalue weighted by Gasteiger charge is 2.30. The lowest BCUT2D eigenvalue weighted by molar-refractivity contribution is 0.893. The van der Waals surface area contributed by atoms with Gasteiger partial charge in [-0.15, -0.1) is 0 Å². The number of nitrogen functional groups attached to an aromatic ring is 1. The van der Waals surface area contributed by atoms with Gasteiger partial charge in [0.25, 0.3) is 0 Å². The number of benzene rings is 2. The van der Waals surface area contributed by atoms with E-state index in [1.165, 1.54) is 12.8 Å². The maximum atomic E-state index is 5.90. The Morgan fingerprint density at radius 3 is 2.67 bits per heavy atom. The number of anilines is 1. The second-order valence-corrected chi connectivity index (χ2v) is 7.19. The number of fused-ring (bicyclic) bond motifs is 1. The molecule has 1 saturated carbocycles. The lowest BCUT2D eigenvalue weighted by Gasteiger charge is -2.11. The smallest absolute Gasteiger partial charge is 0.117 e. The molecule has 0 radical (unpaired) electrons. The maximum Gasteiger partial charge on any atom is 0.117 e. The van der Waals surface area contributed by atoms with Gasteiger partial charge in [-0.05, 0) is 65.2 Å². The first kappa shape index (κ1) is 13.3. The second kappa shape index (κ2) is 4.85. The van der Waals surface area contributed by atoms with Crippen LogP contribution in [0.25, 0.3) is 16.7 Å². The zero-order valence-corrected chi connectivity index (χ0v) is 14.4. The fourth-order valence-electron chi connectivity index (χ4n) is 2.64. The Kier molecular flexibility index (Phi) is 3.08. The van der Waals surface area contributed by atoms with Gasteiger partial charge < -0.3 is 5.73 Å². The lowest BCUT2D eigenvalue weighted by atomic mass is 10.2. The second-order valence-electron chi connectivity index (χ2n) is 5.42. The third-order valence-corrected chi connectivity index (χ3v) is 4.96. The normalized spacial score (nSPS) is 14.8. The minimum atomic E-state index is 0.560. The van der Waals surface area contributed by atoms with Crippen LogP contribution in [-0.4, -0.2) is 9.55 Å². The molecule has 0 spiro atoms. The SMILES string of the molecule is Nc1ccc2c(c1)nc(C1CC1)n2-c1cc(Br)ccc1Br. The van der Waals surface area contributed by atoms with Crippen molar-refractivity contribution in [1.29, 1.82) is 0 Å². The molecule has 1 fully saturated rings. The fourth-order valence-corrected chi connectivity index (χ4v) is 3.41. The predicted octanol–water partition coefficient (Wildman–Crippen LogP) is 5.01. The third kappa shape index (κ3) is 2.28. The van der Waals surface area contributed by atoms with Crippen LogP contribution >= 0.6 is 31.9 Å². The number of hydrogen-bond acceptors (Lipinski definition) is 2. The van der Waals surface area contributed by atoms with Gasteiger partial charge in [0.1, 0.15) is 5.82 Å². The van der Waals surface area contributed by atoms with Crippen molar-refractivity contribution in [3.8, 4) is 5.69 Å². The van der Waals surface area contributed by atoms with Gasteiger partial charge in [-0.2, -0.15) is 0 Å². The molecule has 1 aliphatic rings. The van der Waals surface area contributed by atoms with Crippen LogP contribution in [0.1, 0.15) is 24.6 Å². The molecule has 1 aliphatic carbocycles. The van der Waals surface area contributed by atoms with Gasteiger partial charge in [0.15, 0.2) is 0 Å². The van der Waals surface area contributed by atoms with Gasteiger partial charge in [-0.3, -0.25) is 4.57 Å². The van der Waals surface area contributed by atoms with Crippen LogP contribution in [0.15, 0.2) is 45.3 Å². The summed E-state index contributed by atoms with van der Waals surface area (Å²) < 4.78 is 4.37. The van der Waals surface area contributed by atoms with Crippen LogP contribution in [0.2, 0.25) is 0 Å². The molecule has 0 aliphatic heterocycles. The number of hydrogen-bond donors (Lipinski definition) is 1. The van der Waals surface area contributed by atoms with E-state index >= 15 is 0 Å². The van der Waals surface area contributed by atoms with Gasteiger partial charge in [0.05, 0.1) is 16.7 Å². The Hall–Kier alpha value is -1.33. The molecular weight excluding hydrogens is 394 g/mol. The van der Waals surface area contributed by atoms with E-state index in [9.17, 15) is 0 Å². The topological polar surface area (TPSA) is 43.8 Å². The van der Waals surface area contributed by atoms with Crippen molar-refractivity contribution in [3.63, 3.8) is 0 Å². The molecule has 3 aromatic rings. The van der Waals surface area contributed by atoms with Crippen LogP contribution < -0.4 is 5.73 Å². The minimum absolute atomic E-state index is 0.560. The summed E-state index contributed by atoms with van der Waals surface area (Å²) in [5.41, 5.74) is 9.83. The molecular formula is C16H13Br2N3. The van der Waals surface area contributed by atoms with Crippen molar-refractivity contribution in [3.05, 3.63) is 51.2 Å². The van der Waals surface area contributed by atoms with Crippen molar-refractivity contribution in [2.24, 2.45) is 0 Å². The van der Waals surface area contributed by atoms with E-state index in [4.69, 9.17) is 10.7 Å². The third-order valence-electron chi connectivity index (χ3n) is 3.80. The number of halogens is 2. The van der Waals surface area contributed by atoms with E-state index in [1.54, 1.807) is 0 Å². The van der Waals surface area contributed by atoms with Crippen LogP contribution in [-0.2, 0) is 0 Å². The number of nitrogens with zero attached hydrogens (tertiary/aromatic N) is 2. The van der Waals surface area contributed by atoms with E-state index in [1.807, 2.05) is 18.2 Å². The number of aromatic nitrogens is 2. The molecule has 0 atom stereocenters. The van der Waals surface area contributed by atoms with E-state index in [0.717, 1.165) is 37.2 Å². The molecule has 106 valence electrons. The maximum absolute atomic E-state index is 5.90. The zero-order chi connectivity index (χ0) is 14.6. The molecule has 4 rings (SSSR count). The summed E-state index contributed by atoms with van der Waals surface area (Å²) in [6.45, 7) is 0. The molecule has 2 N–H and O–H groups in total. The predicted molar refractivity (Wildman–Crippen MR) is 92.9 cm³/mol. The molecule has 0 amide bonds. The summed E-state index contributed by atoms with van der Waals surface area (Å²) in [6, 6.07) is 12.1. The summed E-state index contributed by atoms with van der Waals surface area (Å²) in [6.07, 6.45) is 2.43. The summed E-state index contributed by atoms with van der Waals surface area (Å²) in [5, 5.41) is 0. The first-order valence-corrected chi connectivity index (χ1v) is 8.45. The molecule has 21 heavy (non-hydrogen) atoms. The molecule has 5 heteroatoms. The van der Waals surface area contributed by atoms with Gasteiger partial charge in [-0.1, -0.05) is 15.9 Å². The van der Waals surface area contributed by atoms with Crippen molar-refractivity contribution in [2.75, 3.05) is 5.73 Å². The van der Waals surface area contributed by atoms with Crippen molar-refractivity contribution in [1.82, 2.24) is 9.55 Å². The molecule has 1 heterocycles. The number of imidazole rings is 1. The number of rotatable bonds is 2. The van der Waals surface area contributed by atoms with Gasteiger partial charge in [-0.25, -0.2) is 4.98 Å². The number of nitrogens with two attached hydrogens (primary N) is 1. The molecule has 1 aromatic heterocycles. The van der Waals surface area contributed by atoms with Crippen LogP contribution in [0.3, 0.4) is 0 Å². The van der Waals surface area contributed by atoms with E-state index in [2.05, 4.69) is 54.6 Å². The zero-order valence-electron chi connectivity index (χ0n) is 11.2. The van der Waals surface area contributed by atoms with Crippen molar-refractivity contribution < 1.29 is 0 Å². The Morgan fingerprint density at radius 2 is 1.90 bits per heavy atom. The summed E-state index contributed by atoms with van der Waals surface area (Å²) in [7, 11) is 0. The van der Waals surface area contributed by atoms with Crippen molar-refractivity contribution in [2.45, 2.75) is 18.8 Å². The minimum Gasteiger partial charge on any atom is -0.399 e. The largest absolute Gasteiger partial charge is 0.399 e. The molecule has 3 nitrogen and oxygen atoms in total. The molecule has 0 unspecified atom stereocenters. The van der Waals surface area contributed by atoms with E-state index in [0.29, 0.717) is 5.92 Å².